The number of benzene rings is 2. The summed E-state index contributed by atoms with van der Waals surface area (Å²) in [5, 5.41) is 15.3. The van der Waals surface area contributed by atoms with E-state index in [0.717, 1.165) is 22.4 Å². The molecule has 2 N–H and O–H groups in total. The minimum atomic E-state index is -1.60. The monoisotopic (exact) mass is 547 g/mol. The van der Waals surface area contributed by atoms with E-state index < -0.39 is 23.4 Å². The molecule has 0 spiro atoms. The van der Waals surface area contributed by atoms with E-state index in [4.69, 9.17) is 4.98 Å². The van der Waals surface area contributed by atoms with Crippen LogP contribution in [-0.4, -0.2) is 26.9 Å². The van der Waals surface area contributed by atoms with E-state index in [1.807, 2.05) is 97.1 Å². The van der Waals surface area contributed by atoms with Gasteiger partial charge in [0.1, 0.15) is 0 Å². The first kappa shape index (κ1) is 25.9. The molecule has 7 heteroatoms. The van der Waals surface area contributed by atoms with E-state index in [0.29, 0.717) is 16.8 Å². The van der Waals surface area contributed by atoms with Gasteiger partial charge in [-0.3, -0.25) is 24.9 Å². The summed E-state index contributed by atoms with van der Waals surface area (Å²) in [5.41, 5.74) is 3.74. The molecule has 7 rings (SSSR count). The lowest BCUT2D eigenvalue weighted by Crippen LogP contribution is -3.00. The smallest absolute Gasteiger partial charge is 1.00 e. The number of carbonyl (C=O) groups is 2. The first-order chi connectivity index (χ1) is 19.1. The van der Waals surface area contributed by atoms with Gasteiger partial charge in [0, 0.05) is 29.8 Å². The standard InChI is InChI=1S/C33H25N3O3.ClH/c37-31-28-22-19-23(33(39,21-13-5-2-6-14-21)25-16-8-10-18-35-25)29(30(28)32(38)36-31)27(22)26(20-11-3-1-4-12-20)24-15-7-9-17-34-24;/h1-19,22,28-30,39H,(H,36,37,38);1H/b27-26-;. The number of allylic oxidation sites excluding steroid dienone is 2. The number of nitrogens with one attached hydrogen (secondary N) is 1. The second-order valence-corrected chi connectivity index (χ2v) is 10.2. The molecular formula is C33H26ClN3O3. The highest BCUT2D eigenvalue weighted by Crippen LogP contribution is 2.63. The number of rotatable bonds is 5. The molecule has 2 aromatic heterocycles. The largest absolute Gasteiger partial charge is 1.00 e. The van der Waals surface area contributed by atoms with Crippen LogP contribution in [0.1, 0.15) is 23.9 Å². The van der Waals surface area contributed by atoms with Gasteiger partial charge >= 0.3 is 1.43 Å². The summed E-state index contributed by atoms with van der Waals surface area (Å²) in [6, 6.07) is 30.6. The Labute approximate surface area is 239 Å². The number of carbonyl (C=O) groups excluding carboxylic acids is 2. The van der Waals surface area contributed by atoms with Crippen LogP contribution in [-0.2, 0) is 15.2 Å². The Balaban J connectivity index is 0.00000169. The molecule has 1 saturated heterocycles. The van der Waals surface area contributed by atoms with E-state index >= 15 is 0 Å². The average Bonchev–Trinajstić information content (AvgIpc) is 3.63. The van der Waals surface area contributed by atoms with Gasteiger partial charge in [0.15, 0.2) is 5.60 Å². The SMILES string of the molecule is O=C1NC(=O)C2C3C(C(O)(c4ccccc4)c4ccccn4)=CC(/C3=C(\c3ccccc3)c3ccccn3)C12.[Cl-].[H+]. The molecule has 4 aromatic rings. The number of aromatic nitrogens is 2. The Kier molecular flexibility index (Phi) is 6.45. The fourth-order valence-corrected chi connectivity index (χ4v) is 6.77. The summed E-state index contributed by atoms with van der Waals surface area (Å²) >= 11 is 0. The van der Waals surface area contributed by atoms with E-state index in [2.05, 4.69) is 10.3 Å². The predicted molar refractivity (Wildman–Crippen MR) is 147 cm³/mol. The number of hydrogen-bond donors (Lipinski definition) is 2. The summed E-state index contributed by atoms with van der Waals surface area (Å²) in [4.78, 5) is 35.7. The van der Waals surface area contributed by atoms with Crippen molar-refractivity contribution in [2.24, 2.45) is 23.7 Å². The van der Waals surface area contributed by atoms with Gasteiger partial charge in [0.25, 0.3) is 0 Å². The zero-order chi connectivity index (χ0) is 26.6. The molecular weight excluding hydrogens is 522 g/mol. The van der Waals surface area contributed by atoms with Gasteiger partial charge in [-0.05, 0) is 46.5 Å². The van der Waals surface area contributed by atoms with Crippen LogP contribution in [0.25, 0.3) is 5.57 Å². The van der Waals surface area contributed by atoms with Crippen molar-refractivity contribution in [3.63, 3.8) is 0 Å². The van der Waals surface area contributed by atoms with E-state index in [1.54, 1.807) is 18.5 Å². The second-order valence-electron chi connectivity index (χ2n) is 10.2. The maximum Gasteiger partial charge on any atom is 1.00 e. The van der Waals surface area contributed by atoms with Crippen LogP contribution in [0.2, 0.25) is 0 Å². The number of fused-ring (bicyclic) bond motifs is 5. The first-order valence-electron chi connectivity index (χ1n) is 13.1. The lowest BCUT2D eigenvalue weighted by molar-refractivity contribution is -0.126. The van der Waals surface area contributed by atoms with Crippen molar-refractivity contribution in [3.05, 3.63) is 149 Å². The van der Waals surface area contributed by atoms with Crippen molar-refractivity contribution in [2.45, 2.75) is 5.60 Å². The molecule has 2 fully saturated rings. The fourth-order valence-electron chi connectivity index (χ4n) is 6.77. The Morgan fingerprint density at radius 1 is 0.775 bits per heavy atom. The molecule has 2 aliphatic carbocycles. The van der Waals surface area contributed by atoms with Crippen molar-refractivity contribution in [1.29, 1.82) is 0 Å². The topological polar surface area (TPSA) is 92.2 Å². The van der Waals surface area contributed by atoms with E-state index in [9.17, 15) is 14.7 Å². The van der Waals surface area contributed by atoms with Crippen LogP contribution in [0.3, 0.4) is 0 Å². The molecule has 0 radical (unpaired) electrons. The van der Waals surface area contributed by atoms with Gasteiger partial charge in [0.05, 0.1) is 23.2 Å². The normalized spacial score (nSPS) is 25.4. The summed E-state index contributed by atoms with van der Waals surface area (Å²) in [6.45, 7) is 0. The highest BCUT2D eigenvalue weighted by atomic mass is 35.5. The Hall–Kier alpha value is -4.39. The lowest BCUT2D eigenvalue weighted by Gasteiger charge is -2.36. The number of pyridine rings is 2. The molecule has 2 amide bonds. The molecule has 2 bridgehead atoms. The van der Waals surface area contributed by atoms with Gasteiger partial charge in [-0.25, -0.2) is 0 Å². The molecule has 3 heterocycles. The van der Waals surface area contributed by atoms with Gasteiger partial charge in [-0.1, -0.05) is 78.9 Å². The van der Waals surface area contributed by atoms with Gasteiger partial charge < -0.3 is 17.5 Å². The molecule has 2 aromatic carbocycles. The molecule has 6 nitrogen and oxygen atoms in total. The minimum Gasteiger partial charge on any atom is -1.00 e. The number of hydrogen-bond acceptors (Lipinski definition) is 5. The van der Waals surface area contributed by atoms with Crippen molar-refractivity contribution in [2.75, 3.05) is 0 Å². The van der Waals surface area contributed by atoms with E-state index in [1.165, 1.54) is 0 Å². The van der Waals surface area contributed by atoms with E-state index in [-0.39, 0.29) is 31.6 Å². The van der Waals surface area contributed by atoms with Crippen LogP contribution in [0, 0.1) is 23.7 Å². The molecule has 5 atom stereocenters. The summed E-state index contributed by atoms with van der Waals surface area (Å²) in [5.74, 6) is -2.62. The zero-order valence-corrected chi connectivity index (χ0v) is 22.1. The third kappa shape index (κ3) is 3.75. The highest BCUT2D eigenvalue weighted by Gasteiger charge is 2.64. The molecule has 1 aliphatic heterocycles. The number of amides is 2. The van der Waals surface area contributed by atoms with Gasteiger partial charge in [-0.15, -0.1) is 0 Å². The Bertz CT molecular complexity index is 1570. The van der Waals surface area contributed by atoms with Crippen LogP contribution in [0.15, 0.2) is 127 Å². The lowest BCUT2D eigenvalue weighted by atomic mass is 9.71. The molecule has 5 unspecified atom stereocenters. The maximum absolute atomic E-state index is 13.3. The number of imide groups is 1. The first-order valence-corrected chi connectivity index (χ1v) is 13.1. The Morgan fingerprint density at radius 2 is 1.40 bits per heavy atom. The van der Waals surface area contributed by atoms with Crippen LogP contribution >= 0.6 is 0 Å². The van der Waals surface area contributed by atoms with Gasteiger partial charge in [0.2, 0.25) is 11.8 Å². The number of nitrogens with zero attached hydrogens (tertiary/aromatic N) is 2. The van der Waals surface area contributed by atoms with Gasteiger partial charge in [-0.2, -0.15) is 0 Å². The highest BCUT2D eigenvalue weighted by molar-refractivity contribution is 6.08. The zero-order valence-electron chi connectivity index (χ0n) is 22.3. The van der Waals surface area contributed by atoms with Crippen molar-refractivity contribution in [1.82, 2.24) is 15.3 Å². The molecule has 1 saturated carbocycles. The Morgan fingerprint density at radius 3 is 2.05 bits per heavy atom. The number of halogens is 1. The summed E-state index contributed by atoms with van der Waals surface area (Å²) in [7, 11) is 0. The third-order valence-corrected chi connectivity index (χ3v) is 8.29. The molecule has 198 valence electrons. The fraction of sp³-hybridized carbons (Fsp3) is 0.152. The van der Waals surface area contributed by atoms with Crippen LogP contribution < -0.4 is 17.7 Å². The summed E-state index contributed by atoms with van der Waals surface area (Å²) < 4.78 is 0. The van der Waals surface area contributed by atoms with Crippen molar-refractivity contribution in [3.8, 4) is 0 Å². The van der Waals surface area contributed by atoms with Crippen molar-refractivity contribution < 1.29 is 28.5 Å². The maximum atomic E-state index is 13.3. The number of aliphatic hydroxyl groups is 1. The molecule has 40 heavy (non-hydrogen) atoms. The van der Waals surface area contributed by atoms with Crippen LogP contribution in [0.4, 0.5) is 0 Å². The van der Waals surface area contributed by atoms with Crippen LogP contribution in [0.5, 0.6) is 0 Å². The predicted octanol–water partition coefficient (Wildman–Crippen LogP) is 1.41. The van der Waals surface area contributed by atoms with Crippen molar-refractivity contribution >= 4 is 17.4 Å². The second kappa shape index (κ2) is 9.97. The summed E-state index contributed by atoms with van der Waals surface area (Å²) in [6.07, 6.45) is 5.41. The minimum absolute atomic E-state index is 0. The third-order valence-electron chi connectivity index (χ3n) is 8.29. The quantitative estimate of drug-likeness (QED) is 0.291. The average molecular weight is 548 g/mol. The molecule has 3 aliphatic rings.